The molecule has 3 amide bonds. The van der Waals surface area contributed by atoms with E-state index in [0.717, 1.165) is 12.8 Å². The molecule has 2 rings (SSSR count). The Morgan fingerprint density at radius 1 is 1.35 bits per heavy atom. The molecule has 5 heteroatoms. The molecule has 1 aliphatic carbocycles. The maximum atomic E-state index is 11.9. The van der Waals surface area contributed by atoms with E-state index in [-0.39, 0.29) is 18.0 Å². The van der Waals surface area contributed by atoms with Crippen molar-refractivity contribution in [2.45, 2.75) is 38.8 Å². The molecule has 0 saturated heterocycles. The average molecular weight is 275 g/mol. The number of hydrogen-bond acceptors (Lipinski definition) is 2. The number of carbonyl (C=O) groups excluding carboxylic acids is 2. The minimum Gasteiger partial charge on any atom is -0.355 e. The molecule has 3 N–H and O–H groups in total. The summed E-state index contributed by atoms with van der Waals surface area (Å²) in [6.45, 7) is 4.08. The van der Waals surface area contributed by atoms with E-state index in [1.165, 1.54) is 11.1 Å². The first kappa shape index (κ1) is 14.4. The minimum absolute atomic E-state index is 0.0348. The molecular formula is C15H21N3O2. The van der Waals surface area contributed by atoms with Gasteiger partial charge in [-0.15, -0.1) is 0 Å². The number of aryl methyl sites for hydroxylation is 1. The van der Waals surface area contributed by atoms with Crippen LogP contribution in [0.15, 0.2) is 24.3 Å². The molecule has 2 atom stereocenters. The van der Waals surface area contributed by atoms with Gasteiger partial charge in [0.15, 0.2) is 0 Å². The summed E-state index contributed by atoms with van der Waals surface area (Å²) in [5.74, 6) is -0.172. The van der Waals surface area contributed by atoms with Crippen molar-refractivity contribution in [2.75, 3.05) is 6.54 Å². The number of carbonyl (C=O) groups is 2. The van der Waals surface area contributed by atoms with Crippen LogP contribution in [0.1, 0.15) is 37.4 Å². The lowest BCUT2D eigenvalue weighted by Crippen LogP contribution is -2.48. The number of urea groups is 1. The largest absolute Gasteiger partial charge is 0.355 e. The van der Waals surface area contributed by atoms with Crippen LogP contribution in [0.3, 0.4) is 0 Å². The van der Waals surface area contributed by atoms with Crippen molar-refractivity contribution in [2.24, 2.45) is 0 Å². The first-order chi connectivity index (χ1) is 9.61. The molecule has 5 nitrogen and oxygen atoms in total. The van der Waals surface area contributed by atoms with Gasteiger partial charge in [-0.3, -0.25) is 4.79 Å². The molecule has 1 aromatic carbocycles. The van der Waals surface area contributed by atoms with Gasteiger partial charge in [-0.05, 0) is 37.8 Å². The zero-order valence-electron chi connectivity index (χ0n) is 11.9. The third-order valence-electron chi connectivity index (χ3n) is 3.53. The van der Waals surface area contributed by atoms with Gasteiger partial charge in [0.25, 0.3) is 0 Å². The highest BCUT2D eigenvalue weighted by Gasteiger charge is 2.24. The third kappa shape index (κ3) is 3.29. The topological polar surface area (TPSA) is 70.2 Å². The van der Waals surface area contributed by atoms with Gasteiger partial charge in [0.1, 0.15) is 6.04 Å². The van der Waals surface area contributed by atoms with Crippen molar-refractivity contribution in [3.05, 3.63) is 35.4 Å². The number of amides is 3. The molecule has 0 heterocycles. The maximum absolute atomic E-state index is 11.9. The van der Waals surface area contributed by atoms with Gasteiger partial charge in [0.05, 0.1) is 6.04 Å². The molecule has 20 heavy (non-hydrogen) atoms. The van der Waals surface area contributed by atoms with Crippen LogP contribution in [0.2, 0.25) is 0 Å². The highest BCUT2D eigenvalue weighted by molar-refractivity contribution is 5.86. The van der Waals surface area contributed by atoms with E-state index < -0.39 is 6.04 Å². The van der Waals surface area contributed by atoms with Gasteiger partial charge in [0, 0.05) is 6.54 Å². The van der Waals surface area contributed by atoms with E-state index in [2.05, 4.69) is 22.0 Å². The number of fused-ring (bicyclic) bond motifs is 1. The summed E-state index contributed by atoms with van der Waals surface area (Å²) in [7, 11) is 0. The van der Waals surface area contributed by atoms with E-state index in [0.29, 0.717) is 6.54 Å². The van der Waals surface area contributed by atoms with Crippen LogP contribution < -0.4 is 16.0 Å². The average Bonchev–Trinajstić information content (AvgIpc) is 2.82. The zero-order chi connectivity index (χ0) is 14.5. The molecule has 0 aliphatic heterocycles. The lowest BCUT2D eigenvalue weighted by atomic mass is 10.1. The highest BCUT2D eigenvalue weighted by Crippen LogP contribution is 2.30. The lowest BCUT2D eigenvalue weighted by Gasteiger charge is -2.18. The van der Waals surface area contributed by atoms with Crippen LogP contribution in [0, 0.1) is 0 Å². The van der Waals surface area contributed by atoms with Gasteiger partial charge >= 0.3 is 6.03 Å². The van der Waals surface area contributed by atoms with Crippen molar-refractivity contribution < 1.29 is 9.59 Å². The summed E-state index contributed by atoms with van der Waals surface area (Å²) in [5.41, 5.74) is 2.46. The first-order valence-electron chi connectivity index (χ1n) is 7.04. The number of likely N-dealkylation sites (N-methyl/N-ethyl adjacent to an activating group) is 1. The summed E-state index contributed by atoms with van der Waals surface area (Å²) in [5, 5.41) is 8.27. The smallest absolute Gasteiger partial charge is 0.315 e. The van der Waals surface area contributed by atoms with Crippen molar-refractivity contribution >= 4 is 11.9 Å². The van der Waals surface area contributed by atoms with E-state index in [1.807, 2.05) is 25.1 Å². The fourth-order valence-electron chi connectivity index (χ4n) is 2.50. The van der Waals surface area contributed by atoms with Crippen molar-refractivity contribution in [3.63, 3.8) is 0 Å². The second-order valence-electron chi connectivity index (χ2n) is 5.02. The molecule has 0 bridgehead atoms. The molecule has 1 aromatic rings. The number of benzene rings is 1. The van der Waals surface area contributed by atoms with E-state index >= 15 is 0 Å². The zero-order valence-corrected chi connectivity index (χ0v) is 11.9. The van der Waals surface area contributed by atoms with Crippen LogP contribution in [0.25, 0.3) is 0 Å². The number of hydrogen-bond donors (Lipinski definition) is 3. The Hall–Kier alpha value is -2.04. The Kier molecular flexibility index (Phi) is 4.61. The van der Waals surface area contributed by atoms with Crippen molar-refractivity contribution in [3.8, 4) is 0 Å². The predicted octanol–water partition coefficient (Wildman–Crippen LogP) is 1.50. The molecular weight excluding hydrogens is 254 g/mol. The summed E-state index contributed by atoms with van der Waals surface area (Å²) < 4.78 is 0. The van der Waals surface area contributed by atoms with Crippen LogP contribution in [0.4, 0.5) is 4.79 Å². The maximum Gasteiger partial charge on any atom is 0.315 e. The monoisotopic (exact) mass is 275 g/mol. The molecule has 108 valence electrons. The van der Waals surface area contributed by atoms with Crippen LogP contribution in [-0.2, 0) is 11.2 Å². The standard InChI is InChI=1S/C15H21N3O2/c1-3-16-14(19)10(2)17-15(20)18-13-9-8-11-6-4-5-7-12(11)13/h4-7,10,13H,3,8-9H2,1-2H3,(H,16,19)(H2,17,18,20). The van der Waals surface area contributed by atoms with Gasteiger partial charge in [-0.1, -0.05) is 24.3 Å². The number of rotatable bonds is 4. The van der Waals surface area contributed by atoms with Crippen LogP contribution in [0.5, 0.6) is 0 Å². The van der Waals surface area contributed by atoms with Crippen LogP contribution >= 0.6 is 0 Å². The Morgan fingerprint density at radius 3 is 2.85 bits per heavy atom. The van der Waals surface area contributed by atoms with E-state index in [9.17, 15) is 9.59 Å². The molecule has 2 unspecified atom stereocenters. The third-order valence-corrected chi connectivity index (χ3v) is 3.53. The normalized spacial score (nSPS) is 18.0. The highest BCUT2D eigenvalue weighted by atomic mass is 16.2. The van der Waals surface area contributed by atoms with Crippen molar-refractivity contribution in [1.29, 1.82) is 0 Å². The Bertz CT molecular complexity index is 502. The van der Waals surface area contributed by atoms with E-state index in [4.69, 9.17) is 0 Å². The van der Waals surface area contributed by atoms with Gasteiger partial charge < -0.3 is 16.0 Å². The molecule has 0 aromatic heterocycles. The fourth-order valence-corrected chi connectivity index (χ4v) is 2.50. The first-order valence-corrected chi connectivity index (χ1v) is 7.04. The van der Waals surface area contributed by atoms with Crippen molar-refractivity contribution in [1.82, 2.24) is 16.0 Å². The molecule has 0 radical (unpaired) electrons. The Balaban J connectivity index is 1.88. The summed E-state index contributed by atoms with van der Waals surface area (Å²) in [4.78, 5) is 23.5. The van der Waals surface area contributed by atoms with E-state index in [1.54, 1.807) is 6.92 Å². The van der Waals surface area contributed by atoms with Gasteiger partial charge in [-0.2, -0.15) is 0 Å². The predicted molar refractivity (Wildman–Crippen MR) is 77.3 cm³/mol. The lowest BCUT2D eigenvalue weighted by molar-refractivity contribution is -0.122. The Morgan fingerprint density at radius 2 is 2.10 bits per heavy atom. The molecule has 0 spiro atoms. The quantitative estimate of drug-likeness (QED) is 0.779. The summed E-state index contributed by atoms with van der Waals surface area (Å²) >= 11 is 0. The molecule has 0 saturated carbocycles. The summed E-state index contributed by atoms with van der Waals surface area (Å²) in [6.07, 6.45) is 1.88. The summed E-state index contributed by atoms with van der Waals surface area (Å²) in [6, 6.07) is 7.32. The van der Waals surface area contributed by atoms with Crippen LogP contribution in [-0.4, -0.2) is 24.5 Å². The minimum atomic E-state index is -0.536. The fraction of sp³-hybridized carbons (Fsp3) is 0.467. The molecule has 1 aliphatic rings. The second kappa shape index (κ2) is 6.41. The number of nitrogens with one attached hydrogen (secondary N) is 3. The Labute approximate surface area is 119 Å². The second-order valence-corrected chi connectivity index (χ2v) is 5.02. The van der Waals surface area contributed by atoms with Gasteiger partial charge in [0.2, 0.25) is 5.91 Å². The van der Waals surface area contributed by atoms with Gasteiger partial charge in [-0.25, -0.2) is 4.79 Å². The SMILES string of the molecule is CCNC(=O)C(C)NC(=O)NC1CCc2ccccc21. The molecule has 0 fully saturated rings.